The lowest BCUT2D eigenvalue weighted by molar-refractivity contribution is -0.130. The summed E-state index contributed by atoms with van der Waals surface area (Å²) in [5, 5.41) is 2.95. The largest absolute Gasteiger partial charge is 0.367 e. The molecule has 0 radical (unpaired) electrons. The molecule has 0 aromatic carbocycles. The molecule has 1 aromatic rings. The van der Waals surface area contributed by atoms with Gasteiger partial charge in [-0.3, -0.25) is 4.79 Å². The maximum absolute atomic E-state index is 11.8. The standard InChI is InChI=1S/C10H13NO2S/c1-10(2)9(12)7(6-13-10)5-8-11-3-4-14-8/h3-4,7H,5-6H2,1-2H3. The lowest BCUT2D eigenvalue weighted by atomic mass is 9.94. The van der Waals surface area contributed by atoms with Gasteiger partial charge in [0.1, 0.15) is 5.60 Å². The van der Waals surface area contributed by atoms with Crippen LogP contribution < -0.4 is 0 Å². The summed E-state index contributed by atoms with van der Waals surface area (Å²) < 4.78 is 5.44. The molecule has 0 aliphatic carbocycles. The fraction of sp³-hybridized carbons (Fsp3) is 0.600. The van der Waals surface area contributed by atoms with Gasteiger partial charge in [0.25, 0.3) is 0 Å². The van der Waals surface area contributed by atoms with Crippen molar-refractivity contribution in [1.82, 2.24) is 4.98 Å². The Morgan fingerprint density at radius 3 is 3.00 bits per heavy atom. The van der Waals surface area contributed by atoms with Crippen LogP contribution in [0.2, 0.25) is 0 Å². The van der Waals surface area contributed by atoms with Crippen LogP contribution in [0.5, 0.6) is 0 Å². The van der Waals surface area contributed by atoms with Crippen LogP contribution in [0.15, 0.2) is 11.6 Å². The van der Waals surface area contributed by atoms with Crippen molar-refractivity contribution in [3.05, 3.63) is 16.6 Å². The molecular weight excluding hydrogens is 198 g/mol. The first kappa shape index (κ1) is 9.80. The molecule has 1 atom stereocenters. The van der Waals surface area contributed by atoms with Crippen LogP contribution >= 0.6 is 11.3 Å². The number of thiazole rings is 1. The van der Waals surface area contributed by atoms with Gasteiger partial charge in [0.2, 0.25) is 0 Å². The summed E-state index contributed by atoms with van der Waals surface area (Å²) in [5.41, 5.74) is -0.595. The fourth-order valence-electron chi connectivity index (χ4n) is 1.66. The van der Waals surface area contributed by atoms with Crippen molar-refractivity contribution >= 4 is 17.1 Å². The molecule has 1 unspecified atom stereocenters. The third-order valence-electron chi connectivity index (χ3n) is 2.51. The summed E-state index contributed by atoms with van der Waals surface area (Å²) in [6.07, 6.45) is 2.49. The molecule has 0 N–H and O–H groups in total. The summed E-state index contributed by atoms with van der Waals surface area (Å²) in [4.78, 5) is 16.0. The lowest BCUT2D eigenvalue weighted by Crippen LogP contribution is -2.30. The number of ketones is 1. The van der Waals surface area contributed by atoms with E-state index in [9.17, 15) is 4.79 Å². The minimum Gasteiger partial charge on any atom is -0.367 e. The van der Waals surface area contributed by atoms with Crippen LogP contribution in [0.3, 0.4) is 0 Å². The van der Waals surface area contributed by atoms with Gasteiger partial charge in [-0.2, -0.15) is 0 Å². The van der Waals surface area contributed by atoms with E-state index in [0.29, 0.717) is 6.61 Å². The first-order chi connectivity index (χ1) is 6.59. The maximum atomic E-state index is 11.8. The second-order valence-electron chi connectivity index (χ2n) is 4.01. The molecule has 2 heterocycles. The normalized spacial score (nSPS) is 25.6. The summed E-state index contributed by atoms with van der Waals surface area (Å²) in [5.74, 6) is 0.198. The van der Waals surface area contributed by atoms with Gasteiger partial charge in [-0.05, 0) is 13.8 Å². The minimum atomic E-state index is -0.595. The Morgan fingerprint density at radius 2 is 2.50 bits per heavy atom. The van der Waals surface area contributed by atoms with Gasteiger partial charge in [-0.25, -0.2) is 4.98 Å². The predicted octanol–water partition coefficient (Wildman–Crippen LogP) is 1.68. The molecule has 0 bridgehead atoms. The van der Waals surface area contributed by atoms with E-state index in [1.165, 1.54) is 0 Å². The van der Waals surface area contributed by atoms with E-state index in [-0.39, 0.29) is 11.7 Å². The van der Waals surface area contributed by atoms with Crippen molar-refractivity contribution in [2.45, 2.75) is 25.9 Å². The van der Waals surface area contributed by atoms with Crippen LogP contribution in [-0.2, 0) is 16.0 Å². The molecule has 0 saturated carbocycles. The van der Waals surface area contributed by atoms with Gasteiger partial charge in [0.05, 0.1) is 17.5 Å². The molecule has 2 rings (SSSR count). The molecular formula is C10H13NO2S. The number of carbonyl (C=O) groups excluding carboxylic acids is 1. The minimum absolute atomic E-state index is 0.00356. The van der Waals surface area contributed by atoms with Crippen LogP contribution in [0.25, 0.3) is 0 Å². The highest BCUT2D eigenvalue weighted by Gasteiger charge is 2.41. The second kappa shape index (κ2) is 3.44. The Balaban J connectivity index is 2.05. The highest BCUT2D eigenvalue weighted by Crippen LogP contribution is 2.28. The Kier molecular flexibility index (Phi) is 2.41. The third kappa shape index (κ3) is 1.72. The summed E-state index contributed by atoms with van der Waals surface area (Å²) in [6, 6.07) is 0. The molecule has 1 aliphatic heterocycles. The first-order valence-corrected chi connectivity index (χ1v) is 5.54. The monoisotopic (exact) mass is 211 g/mol. The molecule has 3 nitrogen and oxygen atoms in total. The van der Waals surface area contributed by atoms with Crippen LogP contribution in [0.4, 0.5) is 0 Å². The molecule has 0 spiro atoms. The number of carbonyl (C=O) groups is 1. The number of nitrogens with zero attached hydrogens (tertiary/aromatic N) is 1. The summed E-state index contributed by atoms with van der Waals surface area (Å²) in [6.45, 7) is 4.19. The van der Waals surface area contributed by atoms with Gasteiger partial charge in [0, 0.05) is 18.0 Å². The van der Waals surface area contributed by atoms with Gasteiger partial charge < -0.3 is 4.74 Å². The van der Waals surface area contributed by atoms with E-state index in [4.69, 9.17) is 4.74 Å². The van der Waals surface area contributed by atoms with Crippen molar-refractivity contribution < 1.29 is 9.53 Å². The quantitative estimate of drug-likeness (QED) is 0.747. The van der Waals surface area contributed by atoms with E-state index in [2.05, 4.69) is 4.98 Å². The van der Waals surface area contributed by atoms with Gasteiger partial charge in [-0.1, -0.05) is 0 Å². The van der Waals surface area contributed by atoms with Crippen molar-refractivity contribution in [2.24, 2.45) is 5.92 Å². The molecule has 4 heteroatoms. The van der Waals surface area contributed by atoms with Crippen molar-refractivity contribution in [3.8, 4) is 0 Å². The highest BCUT2D eigenvalue weighted by molar-refractivity contribution is 7.09. The molecule has 0 amide bonds. The van der Waals surface area contributed by atoms with E-state index in [0.717, 1.165) is 11.4 Å². The predicted molar refractivity (Wildman–Crippen MR) is 54.3 cm³/mol. The lowest BCUT2D eigenvalue weighted by Gasteiger charge is -2.13. The van der Waals surface area contributed by atoms with Gasteiger partial charge in [0.15, 0.2) is 5.78 Å². The molecule has 76 valence electrons. The Bertz CT molecular complexity index is 332. The number of hydrogen-bond acceptors (Lipinski definition) is 4. The molecule has 1 aliphatic rings. The molecule has 14 heavy (non-hydrogen) atoms. The topological polar surface area (TPSA) is 39.2 Å². The molecule has 1 aromatic heterocycles. The Hall–Kier alpha value is -0.740. The smallest absolute Gasteiger partial charge is 0.169 e. The van der Waals surface area contributed by atoms with Gasteiger partial charge >= 0.3 is 0 Å². The van der Waals surface area contributed by atoms with E-state index in [1.54, 1.807) is 17.5 Å². The SMILES string of the molecule is CC1(C)OCC(Cc2nccs2)C1=O. The highest BCUT2D eigenvalue weighted by atomic mass is 32.1. The third-order valence-corrected chi connectivity index (χ3v) is 3.32. The van der Waals surface area contributed by atoms with E-state index < -0.39 is 5.60 Å². The van der Waals surface area contributed by atoms with E-state index in [1.807, 2.05) is 19.2 Å². The van der Waals surface area contributed by atoms with Gasteiger partial charge in [-0.15, -0.1) is 11.3 Å². The molecule has 1 saturated heterocycles. The number of Topliss-reactive ketones (excluding diaryl/α,β-unsaturated/α-hetero) is 1. The number of rotatable bonds is 2. The zero-order chi connectivity index (χ0) is 10.2. The number of hydrogen-bond donors (Lipinski definition) is 0. The number of aromatic nitrogens is 1. The number of ether oxygens (including phenoxy) is 1. The van der Waals surface area contributed by atoms with Crippen molar-refractivity contribution in [3.63, 3.8) is 0 Å². The van der Waals surface area contributed by atoms with E-state index >= 15 is 0 Å². The average Bonchev–Trinajstić information content (AvgIpc) is 2.70. The summed E-state index contributed by atoms with van der Waals surface area (Å²) in [7, 11) is 0. The zero-order valence-corrected chi connectivity index (χ0v) is 9.13. The van der Waals surface area contributed by atoms with Crippen molar-refractivity contribution in [1.29, 1.82) is 0 Å². The fourth-order valence-corrected chi connectivity index (χ4v) is 2.36. The zero-order valence-electron chi connectivity index (χ0n) is 8.32. The van der Waals surface area contributed by atoms with Crippen LogP contribution in [0.1, 0.15) is 18.9 Å². The Labute approximate surface area is 87.1 Å². The maximum Gasteiger partial charge on any atom is 0.169 e. The first-order valence-electron chi connectivity index (χ1n) is 4.66. The summed E-state index contributed by atoms with van der Waals surface area (Å²) >= 11 is 1.59. The van der Waals surface area contributed by atoms with Crippen LogP contribution in [0, 0.1) is 5.92 Å². The Morgan fingerprint density at radius 1 is 1.71 bits per heavy atom. The average molecular weight is 211 g/mol. The van der Waals surface area contributed by atoms with Crippen molar-refractivity contribution in [2.75, 3.05) is 6.61 Å². The molecule has 1 fully saturated rings. The second-order valence-corrected chi connectivity index (χ2v) is 4.99. The van der Waals surface area contributed by atoms with Crippen LogP contribution in [-0.4, -0.2) is 23.0 Å².